The standard InChI is InChI=1S/C9H13NO6S2/c1-15-8(16-2)4-10-18(13,14)6-3-7(9(11)12)17-5-6/h3,5,8,10H,4H2,1-2H3,(H,11,12). The average molecular weight is 295 g/mol. The summed E-state index contributed by atoms with van der Waals surface area (Å²) < 4.78 is 35.5. The number of carboxylic acids is 1. The smallest absolute Gasteiger partial charge is 0.345 e. The molecule has 0 bridgehead atoms. The lowest BCUT2D eigenvalue weighted by Crippen LogP contribution is -2.34. The van der Waals surface area contributed by atoms with Crippen molar-refractivity contribution in [1.82, 2.24) is 4.72 Å². The maximum Gasteiger partial charge on any atom is 0.345 e. The van der Waals surface area contributed by atoms with Crippen LogP contribution in [0.2, 0.25) is 0 Å². The molecule has 0 amide bonds. The van der Waals surface area contributed by atoms with E-state index in [2.05, 4.69) is 4.72 Å². The fourth-order valence-corrected chi connectivity index (χ4v) is 3.22. The number of hydrogen-bond acceptors (Lipinski definition) is 6. The van der Waals surface area contributed by atoms with Gasteiger partial charge in [-0.2, -0.15) is 0 Å². The minimum absolute atomic E-state index is 0.0367. The van der Waals surface area contributed by atoms with Gasteiger partial charge in [0.25, 0.3) is 0 Å². The normalized spacial score (nSPS) is 11.9. The Labute approximate surface area is 108 Å². The molecule has 0 atom stereocenters. The number of carboxylic acid groups (broad SMARTS) is 1. The molecule has 0 saturated carbocycles. The molecule has 0 fully saturated rings. The molecule has 9 heteroatoms. The maximum absolute atomic E-state index is 11.8. The predicted octanol–water partition coefficient (Wildman–Crippen LogP) is 0.343. The topological polar surface area (TPSA) is 102 Å². The van der Waals surface area contributed by atoms with Crippen LogP contribution in [0.4, 0.5) is 0 Å². The number of thiophene rings is 1. The van der Waals surface area contributed by atoms with Gasteiger partial charge >= 0.3 is 5.97 Å². The zero-order chi connectivity index (χ0) is 13.8. The van der Waals surface area contributed by atoms with Crippen molar-refractivity contribution < 1.29 is 27.8 Å². The summed E-state index contributed by atoms with van der Waals surface area (Å²) in [6.45, 7) is -0.0619. The lowest BCUT2D eigenvalue weighted by molar-refractivity contribution is -0.0960. The highest BCUT2D eigenvalue weighted by Crippen LogP contribution is 2.19. The summed E-state index contributed by atoms with van der Waals surface area (Å²) in [7, 11) is -0.982. The van der Waals surface area contributed by atoms with Crippen LogP contribution in [0.1, 0.15) is 9.67 Å². The molecular weight excluding hydrogens is 282 g/mol. The second kappa shape index (κ2) is 6.25. The highest BCUT2D eigenvalue weighted by molar-refractivity contribution is 7.89. The molecule has 7 nitrogen and oxygen atoms in total. The molecule has 0 saturated heterocycles. The zero-order valence-electron chi connectivity index (χ0n) is 9.74. The summed E-state index contributed by atoms with van der Waals surface area (Å²) in [6.07, 6.45) is -0.697. The van der Waals surface area contributed by atoms with E-state index in [9.17, 15) is 13.2 Å². The number of carbonyl (C=O) groups is 1. The Morgan fingerprint density at radius 1 is 1.50 bits per heavy atom. The third-order valence-corrected chi connectivity index (χ3v) is 4.53. The van der Waals surface area contributed by atoms with Gasteiger partial charge in [0.1, 0.15) is 4.88 Å². The van der Waals surface area contributed by atoms with Gasteiger partial charge in [-0.05, 0) is 6.07 Å². The molecule has 1 aromatic heterocycles. The van der Waals surface area contributed by atoms with Crippen molar-refractivity contribution in [3.05, 3.63) is 16.3 Å². The third-order valence-electron chi connectivity index (χ3n) is 2.06. The molecule has 1 rings (SSSR count). The van der Waals surface area contributed by atoms with Crippen molar-refractivity contribution in [3.8, 4) is 0 Å². The van der Waals surface area contributed by atoms with Crippen LogP contribution in [0.5, 0.6) is 0 Å². The van der Waals surface area contributed by atoms with Gasteiger partial charge in [-0.1, -0.05) is 0 Å². The molecule has 0 aliphatic rings. The van der Waals surface area contributed by atoms with Crippen molar-refractivity contribution in [2.45, 2.75) is 11.2 Å². The lowest BCUT2D eigenvalue weighted by Gasteiger charge is -2.13. The molecular formula is C9H13NO6S2. The SMILES string of the molecule is COC(CNS(=O)(=O)c1csc(C(=O)O)c1)OC. The van der Waals surface area contributed by atoms with Crippen LogP contribution in [0.15, 0.2) is 16.3 Å². The highest BCUT2D eigenvalue weighted by Gasteiger charge is 2.19. The number of sulfonamides is 1. The van der Waals surface area contributed by atoms with E-state index in [1.165, 1.54) is 19.6 Å². The van der Waals surface area contributed by atoms with Gasteiger partial charge < -0.3 is 14.6 Å². The summed E-state index contributed by atoms with van der Waals surface area (Å²) in [5.74, 6) is -1.16. The number of methoxy groups -OCH3 is 2. The Kier molecular flexibility index (Phi) is 5.23. The molecule has 1 heterocycles. The van der Waals surface area contributed by atoms with Gasteiger partial charge in [-0.25, -0.2) is 17.9 Å². The van der Waals surface area contributed by atoms with Gasteiger partial charge in [-0.15, -0.1) is 11.3 Å². The van der Waals surface area contributed by atoms with E-state index in [-0.39, 0.29) is 16.3 Å². The molecule has 0 aliphatic carbocycles. The average Bonchev–Trinajstić information content (AvgIpc) is 2.80. The van der Waals surface area contributed by atoms with Crippen molar-refractivity contribution in [3.63, 3.8) is 0 Å². The fraction of sp³-hybridized carbons (Fsp3) is 0.444. The number of aromatic carboxylic acids is 1. The minimum atomic E-state index is -3.75. The van der Waals surface area contributed by atoms with Gasteiger partial charge in [0.15, 0.2) is 6.29 Å². The molecule has 102 valence electrons. The van der Waals surface area contributed by atoms with E-state index >= 15 is 0 Å². The fourth-order valence-electron chi connectivity index (χ4n) is 1.10. The summed E-state index contributed by atoms with van der Waals surface area (Å²) >= 11 is 0.849. The van der Waals surface area contributed by atoms with E-state index in [1.54, 1.807) is 0 Å². The number of ether oxygens (including phenoxy) is 2. The molecule has 0 spiro atoms. The van der Waals surface area contributed by atoms with Gasteiger partial charge in [0.2, 0.25) is 10.0 Å². The first-order chi connectivity index (χ1) is 8.40. The van der Waals surface area contributed by atoms with Crippen molar-refractivity contribution in [1.29, 1.82) is 0 Å². The maximum atomic E-state index is 11.8. The number of rotatable bonds is 7. The van der Waals surface area contributed by atoms with E-state index in [0.29, 0.717) is 0 Å². The van der Waals surface area contributed by atoms with E-state index < -0.39 is 22.3 Å². The number of hydrogen-bond donors (Lipinski definition) is 2. The Hall–Kier alpha value is -1.00. The van der Waals surface area contributed by atoms with Crippen LogP contribution >= 0.6 is 11.3 Å². The largest absolute Gasteiger partial charge is 0.477 e. The first-order valence-corrected chi connectivity index (χ1v) is 7.14. The molecule has 0 aromatic carbocycles. The predicted molar refractivity (Wildman–Crippen MR) is 64.3 cm³/mol. The van der Waals surface area contributed by atoms with Crippen LogP contribution in [0, 0.1) is 0 Å². The Morgan fingerprint density at radius 3 is 2.56 bits per heavy atom. The molecule has 0 aliphatic heterocycles. The van der Waals surface area contributed by atoms with E-state index in [1.807, 2.05) is 0 Å². The number of nitrogens with one attached hydrogen (secondary N) is 1. The van der Waals surface area contributed by atoms with Crippen LogP contribution in [0.25, 0.3) is 0 Å². The van der Waals surface area contributed by atoms with Crippen molar-refractivity contribution in [2.24, 2.45) is 0 Å². The van der Waals surface area contributed by atoms with Crippen molar-refractivity contribution in [2.75, 3.05) is 20.8 Å². The summed E-state index contributed by atoms with van der Waals surface area (Å²) in [5.41, 5.74) is 0. The Bertz CT molecular complexity index is 505. The molecule has 0 radical (unpaired) electrons. The quantitative estimate of drug-likeness (QED) is 0.703. The van der Waals surface area contributed by atoms with Crippen molar-refractivity contribution >= 4 is 27.3 Å². The van der Waals surface area contributed by atoms with Crippen LogP contribution < -0.4 is 4.72 Å². The van der Waals surface area contributed by atoms with Gasteiger partial charge in [0.05, 0.1) is 11.4 Å². The minimum Gasteiger partial charge on any atom is -0.477 e. The summed E-state index contributed by atoms with van der Waals surface area (Å²) in [6, 6.07) is 1.10. The van der Waals surface area contributed by atoms with Gasteiger partial charge in [-0.3, -0.25) is 0 Å². The van der Waals surface area contributed by atoms with E-state index in [4.69, 9.17) is 14.6 Å². The monoisotopic (exact) mass is 295 g/mol. The zero-order valence-corrected chi connectivity index (χ0v) is 11.4. The highest BCUT2D eigenvalue weighted by atomic mass is 32.2. The van der Waals surface area contributed by atoms with Crippen LogP contribution in [0.3, 0.4) is 0 Å². The summed E-state index contributed by atoms with van der Waals surface area (Å²) in [4.78, 5) is 10.5. The second-order valence-electron chi connectivity index (χ2n) is 3.20. The third kappa shape index (κ3) is 3.75. The van der Waals surface area contributed by atoms with E-state index in [0.717, 1.165) is 17.4 Å². The van der Waals surface area contributed by atoms with Crippen LogP contribution in [-0.4, -0.2) is 46.5 Å². The molecule has 2 N–H and O–H groups in total. The summed E-state index contributed by atoms with van der Waals surface area (Å²) in [5, 5.41) is 9.98. The molecule has 18 heavy (non-hydrogen) atoms. The second-order valence-corrected chi connectivity index (χ2v) is 5.88. The molecule has 1 aromatic rings. The Morgan fingerprint density at radius 2 is 2.11 bits per heavy atom. The van der Waals surface area contributed by atoms with Gasteiger partial charge in [0, 0.05) is 19.6 Å². The lowest BCUT2D eigenvalue weighted by atomic mass is 10.5. The Balaban J connectivity index is 2.76. The molecule has 0 unspecified atom stereocenters. The van der Waals surface area contributed by atoms with Crippen LogP contribution in [-0.2, 0) is 19.5 Å². The first kappa shape index (κ1) is 15.1. The first-order valence-electron chi connectivity index (χ1n) is 4.77.